The molecule has 0 N–H and O–H groups in total. The Morgan fingerprint density at radius 3 is 2.20 bits per heavy atom. The zero-order chi connectivity index (χ0) is 15.4. The molecule has 0 aromatic heterocycles. The largest absolute Gasteiger partial charge is 0.348 e. The van der Waals surface area contributed by atoms with Gasteiger partial charge < -0.3 is 4.90 Å². The second kappa shape index (κ2) is 6.66. The summed E-state index contributed by atoms with van der Waals surface area (Å²) in [6.07, 6.45) is 0. The lowest BCUT2D eigenvalue weighted by Gasteiger charge is -2.24. The number of hydrogen-bond acceptors (Lipinski definition) is 3. The molecule has 1 amide bonds. The molecule has 0 aliphatic carbocycles. The van der Waals surface area contributed by atoms with Crippen molar-refractivity contribution in [3.63, 3.8) is 0 Å². The number of aryl methyl sites for hydroxylation is 2. The molecule has 0 fully saturated rings. The number of carbonyl (C=O) groups is 2. The number of amides is 1. The van der Waals surface area contributed by atoms with Gasteiger partial charge in [0.25, 0.3) is 0 Å². The van der Waals surface area contributed by atoms with Gasteiger partial charge in [0.15, 0.2) is 5.78 Å². The Bertz CT molecular complexity index is 509. The maximum atomic E-state index is 12.4. The van der Waals surface area contributed by atoms with Crippen LogP contribution in [0.1, 0.15) is 28.4 Å². The summed E-state index contributed by atoms with van der Waals surface area (Å²) >= 11 is 0. The van der Waals surface area contributed by atoms with E-state index >= 15 is 0 Å². The van der Waals surface area contributed by atoms with E-state index in [1.807, 2.05) is 39.0 Å². The van der Waals surface area contributed by atoms with Crippen LogP contribution in [0.4, 0.5) is 0 Å². The minimum atomic E-state index is -0.319. The zero-order valence-electron chi connectivity index (χ0n) is 13.2. The molecule has 1 atom stereocenters. The van der Waals surface area contributed by atoms with Crippen LogP contribution >= 0.6 is 0 Å². The monoisotopic (exact) mass is 276 g/mol. The van der Waals surface area contributed by atoms with Gasteiger partial charge in [0.2, 0.25) is 5.91 Å². The molecule has 0 radical (unpaired) electrons. The average molecular weight is 276 g/mol. The fraction of sp³-hybridized carbons (Fsp3) is 0.500. The fourth-order valence-electron chi connectivity index (χ4n) is 1.83. The molecular weight excluding hydrogens is 252 g/mol. The van der Waals surface area contributed by atoms with E-state index in [-0.39, 0.29) is 24.3 Å². The summed E-state index contributed by atoms with van der Waals surface area (Å²) in [5, 5.41) is 0. The van der Waals surface area contributed by atoms with Crippen molar-refractivity contribution in [3.8, 4) is 0 Å². The molecule has 20 heavy (non-hydrogen) atoms. The van der Waals surface area contributed by atoms with Crippen LogP contribution in [-0.4, -0.2) is 55.2 Å². The molecule has 0 heterocycles. The van der Waals surface area contributed by atoms with Gasteiger partial charge in [0.1, 0.15) is 0 Å². The van der Waals surface area contributed by atoms with E-state index in [2.05, 4.69) is 0 Å². The third-order valence-electron chi connectivity index (χ3n) is 3.72. The number of hydrogen-bond donors (Lipinski definition) is 0. The predicted molar refractivity (Wildman–Crippen MR) is 81.0 cm³/mol. The Morgan fingerprint density at radius 1 is 1.10 bits per heavy atom. The number of rotatable bonds is 5. The van der Waals surface area contributed by atoms with E-state index in [0.29, 0.717) is 5.56 Å². The van der Waals surface area contributed by atoms with Gasteiger partial charge in [-0.05, 0) is 45.0 Å². The Balaban J connectivity index is 2.80. The summed E-state index contributed by atoms with van der Waals surface area (Å²) in [4.78, 5) is 27.4. The van der Waals surface area contributed by atoms with E-state index < -0.39 is 0 Å². The Morgan fingerprint density at radius 2 is 1.70 bits per heavy atom. The third-order valence-corrected chi connectivity index (χ3v) is 3.72. The summed E-state index contributed by atoms with van der Waals surface area (Å²) in [6, 6.07) is 5.40. The standard InChI is InChI=1S/C16H24N2O2/c1-11-7-8-14(9-12(11)2)16(20)13(3)18(6)10-15(19)17(4)5/h7-9,13H,10H2,1-6H3. The first-order valence-corrected chi connectivity index (χ1v) is 6.76. The molecule has 0 bridgehead atoms. The summed E-state index contributed by atoms with van der Waals surface area (Å²) in [7, 11) is 5.23. The van der Waals surface area contributed by atoms with Crippen molar-refractivity contribution >= 4 is 11.7 Å². The molecule has 0 saturated carbocycles. The molecule has 110 valence electrons. The highest BCUT2D eigenvalue weighted by Gasteiger charge is 2.22. The van der Waals surface area contributed by atoms with Crippen molar-refractivity contribution < 1.29 is 9.59 Å². The van der Waals surface area contributed by atoms with Crippen LogP contribution in [0.2, 0.25) is 0 Å². The lowest BCUT2D eigenvalue weighted by atomic mass is 10.00. The number of Topliss-reactive ketones (excluding diaryl/α,β-unsaturated/α-hetero) is 1. The number of likely N-dealkylation sites (N-methyl/N-ethyl adjacent to an activating group) is 2. The van der Waals surface area contributed by atoms with Gasteiger partial charge >= 0.3 is 0 Å². The van der Waals surface area contributed by atoms with Crippen molar-refractivity contribution in [2.75, 3.05) is 27.7 Å². The lowest BCUT2D eigenvalue weighted by molar-refractivity contribution is -0.129. The molecule has 1 unspecified atom stereocenters. The van der Waals surface area contributed by atoms with Gasteiger partial charge in [0.05, 0.1) is 12.6 Å². The summed E-state index contributed by atoms with van der Waals surface area (Å²) < 4.78 is 0. The van der Waals surface area contributed by atoms with Crippen molar-refractivity contribution in [1.29, 1.82) is 0 Å². The molecule has 0 aliphatic rings. The first-order valence-electron chi connectivity index (χ1n) is 6.76. The molecule has 1 aromatic carbocycles. The van der Waals surface area contributed by atoms with E-state index in [1.165, 1.54) is 10.5 Å². The fourth-order valence-corrected chi connectivity index (χ4v) is 1.83. The molecule has 0 spiro atoms. The lowest BCUT2D eigenvalue weighted by Crippen LogP contribution is -2.42. The third kappa shape index (κ3) is 3.90. The minimum Gasteiger partial charge on any atom is -0.348 e. The number of carbonyl (C=O) groups excluding carboxylic acids is 2. The minimum absolute atomic E-state index is 0.00719. The van der Waals surface area contributed by atoms with Gasteiger partial charge in [-0.25, -0.2) is 0 Å². The highest BCUT2D eigenvalue weighted by molar-refractivity contribution is 6.00. The van der Waals surface area contributed by atoms with Crippen LogP contribution in [0.15, 0.2) is 18.2 Å². The van der Waals surface area contributed by atoms with Crippen molar-refractivity contribution in [3.05, 3.63) is 34.9 Å². The van der Waals surface area contributed by atoms with Crippen LogP contribution < -0.4 is 0 Å². The zero-order valence-corrected chi connectivity index (χ0v) is 13.2. The highest BCUT2D eigenvalue weighted by atomic mass is 16.2. The van der Waals surface area contributed by atoms with Gasteiger partial charge in [-0.15, -0.1) is 0 Å². The molecule has 4 nitrogen and oxygen atoms in total. The smallest absolute Gasteiger partial charge is 0.236 e. The van der Waals surface area contributed by atoms with Gasteiger partial charge in [-0.3, -0.25) is 14.5 Å². The highest BCUT2D eigenvalue weighted by Crippen LogP contribution is 2.13. The van der Waals surface area contributed by atoms with E-state index in [4.69, 9.17) is 0 Å². The quantitative estimate of drug-likeness (QED) is 0.771. The number of nitrogens with zero attached hydrogens (tertiary/aromatic N) is 2. The molecule has 4 heteroatoms. The Kier molecular flexibility index (Phi) is 5.45. The van der Waals surface area contributed by atoms with Crippen LogP contribution in [0.5, 0.6) is 0 Å². The van der Waals surface area contributed by atoms with Crippen LogP contribution in [0.25, 0.3) is 0 Å². The van der Waals surface area contributed by atoms with Crippen molar-refractivity contribution in [2.45, 2.75) is 26.8 Å². The summed E-state index contributed by atoms with van der Waals surface area (Å²) in [6.45, 7) is 6.09. The molecule has 1 rings (SSSR count). The molecule has 0 aliphatic heterocycles. The number of benzene rings is 1. The Labute approximate surface area is 121 Å². The second-order valence-corrected chi connectivity index (χ2v) is 5.54. The predicted octanol–water partition coefficient (Wildman–Crippen LogP) is 1.89. The maximum absolute atomic E-state index is 12.4. The SMILES string of the molecule is Cc1ccc(C(=O)C(C)N(C)CC(=O)N(C)C)cc1C. The molecule has 0 saturated heterocycles. The number of ketones is 1. The van der Waals surface area contributed by atoms with Gasteiger partial charge in [-0.2, -0.15) is 0 Å². The first kappa shape index (κ1) is 16.4. The molecule has 1 aromatic rings. The van der Waals surface area contributed by atoms with Gasteiger partial charge in [0, 0.05) is 19.7 Å². The average Bonchev–Trinajstić information content (AvgIpc) is 2.39. The van der Waals surface area contributed by atoms with E-state index in [9.17, 15) is 9.59 Å². The van der Waals surface area contributed by atoms with Crippen LogP contribution in [-0.2, 0) is 4.79 Å². The van der Waals surface area contributed by atoms with Gasteiger partial charge in [-0.1, -0.05) is 12.1 Å². The first-order chi connectivity index (χ1) is 9.23. The van der Waals surface area contributed by atoms with E-state index in [0.717, 1.165) is 5.56 Å². The van der Waals surface area contributed by atoms with Crippen LogP contribution in [0, 0.1) is 13.8 Å². The normalized spacial score (nSPS) is 12.3. The summed E-state index contributed by atoms with van der Waals surface area (Å²) in [5.74, 6) is 0.0365. The van der Waals surface area contributed by atoms with Crippen molar-refractivity contribution in [2.24, 2.45) is 0 Å². The summed E-state index contributed by atoms with van der Waals surface area (Å²) in [5.41, 5.74) is 2.98. The second-order valence-electron chi connectivity index (χ2n) is 5.54. The van der Waals surface area contributed by atoms with Crippen LogP contribution in [0.3, 0.4) is 0 Å². The topological polar surface area (TPSA) is 40.6 Å². The maximum Gasteiger partial charge on any atom is 0.236 e. The molecular formula is C16H24N2O2. The Hall–Kier alpha value is -1.68. The van der Waals surface area contributed by atoms with E-state index in [1.54, 1.807) is 26.0 Å². The van der Waals surface area contributed by atoms with Crippen molar-refractivity contribution in [1.82, 2.24) is 9.80 Å².